The third-order valence-corrected chi connectivity index (χ3v) is 4.94. The van der Waals surface area contributed by atoms with Crippen LogP contribution in [-0.2, 0) is 11.4 Å². The lowest BCUT2D eigenvalue weighted by molar-refractivity contribution is -0.157. The number of hydrogen-bond donors (Lipinski definition) is 2. The maximum absolute atomic E-state index is 5.96. The van der Waals surface area contributed by atoms with Gasteiger partial charge in [-0.1, -0.05) is 30.3 Å². The van der Waals surface area contributed by atoms with E-state index in [4.69, 9.17) is 4.84 Å². The summed E-state index contributed by atoms with van der Waals surface area (Å²) < 4.78 is 0. The van der Waals surface area contributed by atoms with Crippen molar-refractivity contribution in [1.29, 1.82) is 0 Å². The van der Waals surface area contributed by atoms with Crippen LogP contribution in [0.25, 0.3) is 0 Å². The molecule has 102 valence electrons. The summed E-state index contributed by atoms with van der Waals surface area (Å²) in [6, 6.07) is 10.5. The predicted molar refractivity (Wildman–Crippen MR) is 72.1 cm³/mol. The highest BCUT2D eigenvalue weighted by Crippen LogP contribution is 2.48. The van der Waals surface area contributed by atoms with E-state index in [2.05, 4.69) is 35.3 Å². The normalized spacial score (nSPS) is 38.1. The van der Waals surface area contributed by atoms with Gasteiger partial charge in [-0.15, -0.1) is 10.7 Å². The second-order valence-electron chi connectivity index (χ2n) is 6.19. The highest BCUT2D eigenvalue weighted by Gasteiger charge is 2.52. The first-order chi connectivity index (χ1) is 9.34. The first-order valence-electron chi connectivity index (χ1n) is 7.37. The fourth-order valence-corrected chi connectivity index (χ4v) is 3.94. The molecule has 3 saturated carbocycles. The number of hydrazine groups is 2. The number of fused-ring (bicyclic) bond motifs is 2. The topological polar surface area (TPSA) is 36.5 Å². The molecule has 0 amide bonds. The first kappa shape index (κ1) is 11.9. The molecular formula is C15H21N3O. The molecule has 4 fully saturated rings. The SMILES string of the molecule is c1ccc(CN2NOC3(CC4CCC3CC4)N2)cc1. The maximum Gasteiger partial charge on any atom is 0.158 e. The molecule has 4 aliphatic rings. The third-order valence-electron chi connectivity index (χ3n) is 4.94. The van der Waals surface area contributed by atoms with E-state index in [9.17, 15) is 0 Å². The van der Waals surface area contributed by atoms with E-state index in [0.29, 0.717) is 5.92 Å². The molecule has 19 heavy (non-hydrogen) atoms. The van der Waals surface area contributed by atoms with Gasteiger partial charge in [0.2, 0.25) is 0 Å². The van der Waals surface area contributed by atoms with Crippen molar-refractivity contribution in [3.05, 3.63) is 35.9 Å². The molecule has 1 aromatic rings. The van der Waals surface area contributed by atoms with Gasteiger partial charge in [-0.25, -0.2) is 5.43 Å². The monoisotopic (exact) mass is 259 g/mol. The second-order valence-corrected chi connectivity index (χ2v) is 6.19. The van der Waals surface area contributed by atoms with Crippen LogP contribution in [0.4, 0.5) is 0 Å². The van der Waals surface area contributed by atoms with Crippen molar-refractivity contribution in [3.63, 3.8) is 0 Å². The van der Waals surface area contributed by atoms with Gasteiger partial charge in [-0.05, 0) is 43.6 Å². The number of nitrogens with zero attached hydrogens (tertiary/aromatic N) is 1. The molecular weight excluding hydrogens is 238 g/mol. The molecule has 3 aliphatic carbocycles. The Morgan fingerprint density at radius 2 is 1.95 bits per heavy atom. The molecule has 2 N–H and O–H groups in total. The van der Waals surface area contributed by atoms with Crippen molar-refractivity contribution in [2.24, 2.45) is 11.8 Å². The van der Waals surface area contributed by atoms with Crippen molar-refractivity contribution >= 4 is 0 Å². The highest BCUT2D eigenvalue weighted by molar-refractivity contribution is 5.14. The van der Waals surface area contributed by atoms with E-state index in [1.54, 1.807) is 0 Å². The maximum atomic E-state index is 5.96. The number of nitrogens with one attached hydrogen (secondary N) is 2. The molecule has 1 heterocycles. The summed E-state index contributed by atoms with van der Waals surface area (Å²) in [7, 11) is 0. The van der Waals surface area contributed by atoms with Gasteiger partial charge in [-0.2, -0.15) is 0 Å². The lowest BCUT2D eigenvalue weighted by Crippen LogP contribution is -2.57. The Balaban J connectivity index is 1.45. The lowest BCUT2D eigenvalue weighted by atomic mass is 9.66. The van der Waals surface area contributed by atoms with E-state index < -0.39 is 0 Å². The lowest BCUT2D eigenvalue weighted by Gasteiger charge is -2.47. The molecule has 0 aromatic heterocycles. The highest BCUT2D eigenvalue weighted by atomic mass is 16.7. The fourth-order valence-electron chi connectivity index (χ4n) is 3.94. The molecule has 2 bridgehead atoms. The van der Waals surface area contributed by atoms with Gasteiger partial charge in [0, 0.05) is 5.92 Å². The van der Waals surface area contributed by atoms with Crippen LogP contribution in [0, 0.1) is 11.8 Å². The summed E-state index contributed by atoms with van der Waals surface area (Å²) in [5.74, 6) is 1.50. The minimum atomic E-state index is -0.143. The summed E-state index contributed by atoms with van der Waals surface area (Å²) in [5, 5.41) is 2.00. The number of hydrogen-bond acceptors (Lipinski definition) is 4. The number of rotatable bonds is 2. The van der Waals surface area contributed by atoms with Crippen LogP contribution in [0.2, 0.25) is 0 Å². The smallest absolute Gasteiger partial charge is 0.158 e. The van der Waals surface area contributed by atoms with Crippen LogP contribution >= 0.6 is 0 Å². The van der Waals surface area contributed by atoms with Crippen molar-refractivity contribution in [1.82, 2.24) is 16.1 Å². The van der Waals surface area contributed by atoms with Gasteiger partial charge in [0.05, 0.1) is 6.54 Å². The summed E-state index contributed by atoms with van der Waals surface area (Å²) in [6.45, 7) is 0.819. The Kier molecular flexibility index (Phi) is 2.84. The molecule has 4 heteroatoms. The summed E-state index contributed by atoms with van der Waals surface area (Å²) in [6.07, 6.45) is 6.53. The standard InChI is InChI=1S/C15H21N3O/c1-2-4-13(5-3-1)11-18-16-15(19-17-18)10-12-6-8-14(15)9-7-12/h1-5,12,14,16-17H,6-11H2. The quantitative estimate of drug-likeness (QED) is 0.855. The van der Waals surface area contributed by atoms with Gasteiger partial charge in [-0.3, -0.25) is 4.84 Å². The minimum absolute atomic E-state index is 0.143. The Hall–Kier alpha value is -0.940. The molecule has 1 aromatic carbocycles. The molecule has 1 saturated heterocycles. The molecule has 1 aliphatic heterocycles. The van der Waals surface area contributed by atoms with Crippen LogP contribution < -0.4 is 11.0 Å². The molecule has 1 unspecified atom stereocenters. The largest absolute Gasteiger partial charge is 0.262 e. The third kappa shape index (κ3) is 2.09. The van der Waals surface area contributed by atoms with Crippen molar-refractivity contribution in [3.8, 4) is 0 Å². The van der Waals surface area contributed by atoms with Gasteiger partial charge in [0.1, 0.15) is 0 Å². The van der Waals surface area contributed by atoms with E-state index in [-0.39, 0.29) is 5.72 Å². The zero-order valence-electron chi connectivity index (χ0n) is 11.1. The van der Waals surface area contributed by atoms with E-state index in [1.807, 2.05) is 11.2 Å². The van der Waals surface area contributed by atoms with Crippen molar-refractivity contribution < 1.29 is 4.84 Å². The summed E-state index contributed by atoms with van der Waals surface area (Å²) in [5.41, 5.74) is 7.80. The zero-order valence-corrected chi connectivity index (χ0v) is 11.1. The Bertz CT molecular complexity index is 444. The van der Waals surface area contributed by atoms with Gasteiger partial charge >= 0.3 is 0 Å². The fraction of sp³-hybridized carbons (Fsp3) is 0.600. The summed E-state index contributed by atoms with van der Waals surface area (Å²) >= 11 is 0. The molecule has 1 spiro atoms. The van der Waals surface area contributed by atoms with Crippen LogP contribution in [0.3, 0.4) is 0 Å². The predicted octanol–water partition coefficient (Wildman–Crippen LogP) is 2.35. The minimum Gasteiger partial charge on any atom is -0.262 e. The average Bonchev–Trinajstić information content (AvgIpc) is 2.84. The Labute approximate surface area is 114 Å². The van der Waals surface area contributed by atoms with Crippen molar-refractivity contribution in [2.75, 3.05) is 0 Å². The van der Waals surface area contributed by atoms with Crippen LogP contribution in [0.1, 0.15) is 37.7 Å². The van der Waals surface area contributed by atoms with E-state index >= 15 is 0 Å². The molecule has 5 rings (SSSR count). The Morgan fingerprint density at radius 1 is 1.16 bits per heavy atom. The van der Waals surface area contributed by atoms with Gasteiger partial charge < -0.3 is 0 Å². The van der Waals surface area contributed by atoms with Crippen LogP contribution in [0.5, 0.6) is 0 Å². The van der Waals surface area contributed by atoms with Crippen LogP contribution in [-0.4, -0.2) is 10.8 Å². The number of benzene rings is 1. The second kappa shape index (κ2) is 4.56. The van der Waals surface area contributed by atoms with Crippen LogP contribution in [0.15, 0.2) is 30.3 Å². The van der Waals surface area contributed by atoms with Crippen molar-refractivity contribution in [2.45, 2.75) is 44.4 Å². The van der Waals surface area contributed by atoms with Gasteiger partial charge in [0.15, 0.2) is 5.72 Å². The molecule has 4 nitrogen and oxygen atoms in total. The zero-order chi connectivity index (χ0) is 12.7. The first-order valence-corrected chi connectivity index (χ1v) is 7.37. The van der Waals surface area contributed by atoms with E-state index in [1.165, 1.54) is 31.2 Å². The summed E-state index contributed by atoms with van der Waals surface area (Å²) in [4.78, 5) is 5.96. The molecule has 1 atom stereocenters. The Morgan fingerprint density at radius 3 is 2.63 bits per heavy atom. The molecule has 0 radical (unpaired) electrons. The van der Waals surface area contributed by atoms with Gasteiger partial charge in [0.25, 0.3) is 0 Å². The average molecular weight is 259 g/mol. The van der Waals surface area contributed by atoms with E-state index in [0.717, 1.165) is 18.9 Å².